The zero-order valence-electron chi connectivity index (χ0n) is 12.7. The Morgan fingerprint density at radius 1 is 1.37 bits per heavy atom. The van der Waals surface area contributed by atoms with E-state index in [1.165, 1.54) is 6.26 Å². The summed E-state index contributed by atoms with van der Waals surface area (Å²) in [5.74, 6) is 0.978. The van der Waals surface area contributed by atoms with Gasteiger partial charge in [-0.2, -0.15) is 0 Å². The molecule has 0 aromatic carbocycles. The molecule has 4 nitrogen and oxygen atoms in total. The molecule has 0 spiro atoms. The first-order valence-electron chi connectivity index (χ1n) is 7.29. The molecule has 1 aliphatic rings. The molecule has 0 bridgehead atoms. The van der Waals surface area contributed by atoms with Crippen LogP contribution >= 0.6 is 0 Å². The first-order valence-corrected chi connectivity index (χ1v) is 9.35. The lowest BCUT2D eigenvalue weighted by atomic mass is 9.74. The average Bonchev–Trinajstić information content (AvgIpc) is 2.35. The molecule has 1 N–H and O–H groups in total. The van der Waals surface area contributed by atoms with Crippen LogP contribution in [-0.2, 0) is 14.6 Å². The van der Waals surface area contributed by atoms with Crippen molar-refractivity contribution in [2.45, 2.75) is 57.6 Å². The van der Waals surface area contributed by atoms with Crippen molar-refractivity contribution >= 4 is 9.84 Å². The second kappa shape index (κ2) is 7.04. The van der Waals surface area contributed by atoms with Gasteiger partial charge < -0.3 is 10.1 Å². The van der Waals surface area contributed by atoms with E-state index in [1.807, 2.05) is 0 Å². The molecule has 1 aliphatic carbocycles. The first-order chi connectivity index (χ1) is 8.83. The van der Waals surface area contributed by atoms with E-state index in [1.54, 1.807) is 7.11 Å². The Labute approximate surface area is 118 Å². The highest BCUT2D eigenvalue weighted by molar-refractivity contribution is 7.90. The number of ether oxygens (including phenoxy) is 1. The quantitative estimate of drug-likeness (QED) is 0.779. The third-order valence-electron chi connectivity index (χ3n) is 4.39. The third-order valence-corrected chi connectivity index (χ3v) is 5.37. The molecule has 1 fully saturated rings. The summed E-state index contributed by atoms with van der Waals surface area (Å²) < 4.78 is 28.6. The van der Waals surface area contributed by atoms with Gasteiger partial charge in [0.25, 0.3) is 0 Å². The summed E-state index contributed by atoms with van der Waals surface area (Å²) in [5.41, 5.74) is -0.187. The number of likely N-dealkylation sites (N-methyl/N-ethyl adjacent to an activating group) is 1. The fourth-order valence-electron chi connectivity index (χ4n) is 3.08. The van der Waals surface area contributed by atoms with Gasteiger partial charge in [0.1, 0.15) is 9.84 Å². The van der Waals surface area contributed by atoms with Crippen molar-refractivity contribution in [3.63, 3.8) is 0 Å². The summed E-state index contributed by atoms with van der Waals surface area (Å²) >= 11 is 0. The van der Waals surface area contributed by atoms with E-state index < -0.39 is 9.84 Å². The lowest BCUT2D eigenvalue weighted by molar-refractivity contribution is -0.0749. The second-order valence-electron chi connectivity index (χ2n) is 5.98. The van der Waals surface area contributed by atoms with E-state index in [4.69, 9.17) is 4.74 Å². The molecule has 0 aromatic heterocycles. The van der Waals surface area contributed by atoms with Crippen LogP contribution in [0.25, 0.3) is 0 Å². The predicted molar refractivity (Wildman–Crippen MR) is 79.2 cm³/mol. The Balaban J connectivity index is 2.76. The smallest absolute Gasteiger partial charge is 0.147 e. The SMILES string of the molecule is CCNC(CCS(C)(=O)=O)C1(OC)CCC(C)CC1. The minimum absolute atomic E-state index is 0.129. The van der Waals surface area contributed by atoms with Crippen molar-refractivity contribution in [3.8, 4) is 0 Å². The maximum atomic E-state index is 11.4. The molecule has 0 radical (unpaired) electrons. The van der Waals surface area contributed by atoms with E-state index in [0.717, 1.165) is 38.1 Å². The fourth-order valence-corrected chi connectivity index (χ4v) is 3.74. The van der Waals surface area contributed by atoms with Crippen molar-refractivity contribution in [2.75, 3.05) is 25.7 Å². The molecule has 1 saturated carbocycles. The van der Waals surface area contributed by atoms with Gasteiger partial charge in [0.15, 0.2) is 0 Å². The topological polar surface area (TPSA) is 55.4 Å². The highest BCUT2D eigenvalue weighted by Gasteiger charge is 2.41. The summed E-state index contributed by atoms with van der Waals surface area (Å²) in [5, 5.41) is 3.44. The number of sulfone groups is 1. The van der Waals surface area contributed by atoms with Crippen LogP contribution in [0.4, 0.5) is 0 Å². The maximum absolute atomic E-state index is 11.4. The van der Waals surface area contributed by atoms with Crippen molar-refractivity contribution in [2.24, 2.45) is 5.92 Å². The molecular formula is C14H29NO3S. The van der Waals surface area contributed by atoms with Crippen LogP contribution in [0.1, 0.15) is 46.0 Å². The van der Waals surface area contributed by atoms with Crippen LogP contribution in [0.15, 0.2) is 0 Å². The van der Waals surface area contributed by atoms with Gasteiger partial charge in [-0.05, 0) is 44.6 Å². The number of hydrogen-bond donors (Lipinski definition) is 1. The van der Waals surface area contributed by atoms with Crippen molar-refractivity contribution in [1.29, 1.82) is 0 Å². The molecule has 0 aromatic rings. The molecule has 5 heteroatoms. The van der Waals surface area contributed by atoms with Gasteiger partial charge in [0.05, 0.1) is 11.4 Å². The summed E-state index contributed by atoms with van der Waals surface area (Å²) in [6, 6.07) is 0.129. The van der Waals surface area contributed by atoms with Gasteiger partial charge in [-0.3, -0.25) is 0 Å². The minimum atomic E-state index is -2.92. The summed E-state index contributed by atoms with van der Waals surface area (Å²) in [6.07, 6.45) is 6.30. The van der Waals surface area contributed by atoms with Crippen molar-refractivity contribution < 1.29 is 13.2 Å². The highest BCUT2D eigenvalue weighted by Crippen LogP contribution is 2.37. The average molecular weight is 291 g/mol. The molecule has 0 heterocycles. The summed E-state index contributed by atoms with van der Waals surface area (Å²) in [6.45, 7) is 5.18. The van der Waals surface area contributed by atoms with Gasteiger partial charge in [-0.15, -0.1) is 0 Å². The second-order valence-corrected chi connectivity index (χ2v) is 8.24. The van der Waals surface area contributed by atoms with Gasteiger partial charge in [0.2, 0.25) is 0 Å². The van der Waals surface area contributed by atoms with Gasteiger partial charge >= 0.3 is 0 Å². The molecular weight excluding hydrogens is 262 g/mol. The Bertz CT molecular complexity index is 359. The van der Waals surface area contributed by atoms with Crippen LogP contribution in [0.2, 0.25) is 0 Å². The van der Waals surface area contributed by atoms with E-state index in [2.05, 4.69) is 19.2 Å². The van der Waals surface area contributed by atoms with Crippen LogP contribution in [-0.4, -0.2) is 45.7 Å². The number of hydrogen-bond acceptors (Lipinski definition) is 4. The van der Waals surface area contributed by atoms with E-state index in [-0.39, 0.29) is 17.4 Å². The number of nitrogens with one attached hydrogen (secondary N) is 1. The monoisotopic (exact) mass is 291 g/mol. The van der Waals surface area contributed by atoms with Crippen LogP contribution in [0, 0.1) is 5.92 Å². The van der Waals surface area contributed by atoms with Gasteiger partial charge in [-0.1, -0.05) is 13.8 Å². The Morgan fingerprint density at radius 3 is 2.37 bits per heavy atom. The van der Waals surface area contributed by atoms with Gasteiger partial charge in [-0.25, -0.2) is 8.42 Å². The summed E-state index contributed by atoms with van der Waals surface area (Å²) in [4.78, 5) is 0. The standard InChI is InChI=1S/C14H29NO3S/c1-5-15-13(8-11-19(4,16)17)14(18-3)9-6-12(2)7-10-14/h12-13,15H,5-11H2,1-4H3. The zero-order valence-corrected chi connectivity index (χ0v) is 13.6. The first kappa shape index (κ1) is 16.9. The normalized spacial score (nSPS) is 30.2. The molecule has 0 amide bonds. The maximum Gasteiger partial charge on any atom is 0.147 e. The lowest BCUT2D eigenvalue weighted by Gasteiger charge is -2.44. The van der Waals surface area contributed by atoms with E-state index >= 15 is 0 Å². The minimum Gasteiger partial charge on any atom is -0.377 e. The highest BCUT2D eigenvalue weighted by atomic mass is 32.2. The van der Waals surface area contributed by atoms with E-state index in [0.29, 0.717) is 6.42 Å². The fraction of sp³-hybridized carbons (Fsp3) is 1.00. The Kier molecular flexibility index (Phi) is 6.27. The number of methoxy groups -OCH3 is 1. The molecule has 0 aliphatic heterocycles. The molecule has 1 atom stereocenters. The van der Waals surface area contributed by atoms with Gasteiger partial charge in [0, 0.05) is 19.4 Å². The largest absolute Gasteiger partial charge is 0.377 e. The summed E-state index contributed by atoms with van der Waals surface area (Å²) in [7, 11) is -1.15. The van der Waals surface area contributed by atoms with Crippen molar-refractivity contribution in [1.82, 2.24) is 5.32 Å². The molecule has 0 saturated heterocycles. The number of rotatable bonds is 7. The van der Waals surface area contributed by atoms with E-state index in [9.17, 15) is 8.42 Å². The molecule has 114 valence electrons. The molecule has 19 heavy (non-hydrogen) atoms. The van der Waals surface area contributed by atoms with Crippen LogP contribution < -0.4 is 5.32 Å². The Morgan fingerprint density at radius 2 is 1.95 bits per heavy atom. The van der Waals surface area contributed by atoms with Crippen LogP contribution in [0.3, 0.4) is 0 Å². The predicted octanol–water partition coefficient (Wildman–Crippen LogP) is 1.99. The third kappa shape index (κ3) is 5.04. The molecule has 1 rings (SSSR count). The Hall–Kier alpha value is -0.130. The van der Waals surface area contributed by atoms with Crippen LogP contribution in [0.5, 0.6) is 0 Å². The lowest BCUT2D eigenvalue weighted by Crippen LogP contribution is -2.54. The zero-order chi connectivity index (χ0) is 14.5. The molecule has 1 unspecified atom stereocenters. The van der Waals surface area contributed by atoms with Crippen molar-refractivity contribution in [3.05, 3.63) is 0 Å².